The highest BCUT2D eigenvalue weighted by Crippen LogP contribution is 2.43. The van der Waals surface area contributed by atoms with E-state index in [1.54, 1.807) is 18.9 Å². The maximum Gasteiger partial charge on any atom is 0.416 e. The highest BCUT2D eigenvalue weighted by Gasteiger charge is 2.40. The predicted octanol–water partition coefficient (Wildman–Crippen LogP) is 5.01. The van der Waals surface area contributed by atoms with Gasteiger partial charge < -0.3 is 19.6 Å². The van der Waals surface area contributed by atoms with Gasteiger partial charge in [0.15, 0.2) is 0 Å². The monoisotopic (exact) mass is 528 g/mol. The van der Waals surface area contributed by atoms with Gasteiger partial charge in [-0.25, -0.2) is 9.59 Å². The van der Waals surface area contributed by atoms with Crippen molar-refractivity contribution in [2.75, 3.05) is 33.8 Å². The summed E-state index contributed by atoms with van der Waals surface area (Å²) >= 11 is 0. The lowest BCUT2D eigenvalue weighted by Crippen LogP contribution is -2.36. The minimum atomic E-state index is -4.54. The summed E-state index contributed by atoms with van der Waals surface area (Å²) < 4.78 is 44.6. The van der Waals surface area contributed by atoms with Crippen molar-refractivity contribution < 1.29 is 32.6 Å². The molecule has 0 fully saturated rings. The SMILES string of the molecule is COC(=O)C1=C(C)N(C)C(CCN2CCc3ccccc3CC2)=C(C(=O)O)C1c1ccc(C(F)(F)F)cc1. The fourth-order valence-electron chi connectivity index (χ4n) is 5.41. The van der Waals surface area contributed by atoms with Crippen LogP contribution in [0.25, 0.3) is 0 Å². The fraction of sp³-hybridized carbons (Fsp3) is 0.379. The van der Waals surface area contributed by atoms with Crippen molar-refractivity contribution in [1.82, 2.24) is 9.80 Å². The molecule has 0 amide bonds. The molecule has 6 nitrogen and oxygen atoms in total. The zero-order valence-electron chi connectivity index (χ0n) is 21.6. The number of benzene rings is 2. The van der Waals surface area contributed by atoms with Gasteiger partial charge in [0.25, 0.3) is 0 Å². The van der Waals surface area contributed by atoms with Crippen LogP contribution in [0.4, 0.5) is 13.2 Å². The van der Waals surface area contributed by atoms with Crippen molar-refractivity contribution in [3.63, 3.8) is 0 Å². The van der Waals surface area contributed by atoms with Gasteiger partial charge in [0, 0.05) is 44.5 Å². The molecule has 1 N–H and O–H groups in total. The Morgan fingerprint density at radius 2 is 1.58 bits per heavy atom. The number of nitrogens with zero attached hydrogens (tertiary/aromatic N) is 2. The topological polar surface area (TPSA) is 70.1 Å². The third-order valence-corrected chi connectivity index (χ3v) is 7.57. The molecule has 0 spiro atoms. The quantitative estimate of drug-likeness (QED) is 0.532. The molecule has 4 rings (SSSR count). The third-order valence-electron chi connectivity index (χ3n) is 7.57. The molecule has 1 unspecified atom stereocenters. The third kappa shape index (κ3) is 5.48. The summed E-state index contributed by atoms with van der Waals surface area (Å²) in [5.74, 6) is -3.02. The van der Waals surface area contributed by atoms with E-state index >= 15 is 0 Å². The van der Waals surface area contributed by atoms with Gasteiger partial charge in [-0.15, -0.1) is 0 Å². The van der Waals surface area contributed by atoms with Crippen LogP contribution in [0.1, 0.15) is 41.5 Å². The van der Waals surface area contributed by atoms with Gasteiger partial charge in [-0.1, -0.05) is 36.4 Å². The first kappa shape index (κ1) is 27.4. The molecule has 0 aliphatic carbocycles. The van der Waals surface area contributed by atoms with Crippen LogP contribution < -0.4 is 0 Å². The van der Waals surface area contributed by atoms with E-state index in [-0.39, 0.29) is 16.7 Å². The molecule has 1 atom stereocenters. The number of carbonyl (C=O) groups excluding carboxylic acids is 1. The highest BCUT2D eigenvalue weighted by molar-refractivity contribution is 5.99. The van der Waals surface area contributed by atoms with Gasteiger partial charge in [0.05, 0.1) is 29.7 Å². The largest absolute Gasteiger partial charge is 0.478 e. The van der Waals surface area contributed by atoms with Gasteiger partial charge >= 0.3 is 18.1 Å². The number of hydrogen-bond donors (Lipinski definition) is 1. The average Bonchev–Trinajstić information content (AvgIpc) is 3.10. The molecule has 2 heterocycles. The zero-order chi connectivity index (χ0) is 27.6. The highest BCUT2D eigenvalue weighted by atomic mass is 19.4. The Morgan fingerprint density at radius 3 is 2.08 bits per heavy atom. The summed E-state index contributed by atoms with van der Waals surface area (Å²) in [6, 6.07) is 12.6. The van der Waals surface area contributed by atoms with Crippen LogP contribution >= 0.6 is 0 Å². The van der Waals surface area contributed by atoms with Crippen molar-refractivity contribution in [3.05, 3.63) is 93.3 Å². The smallest absolute Gasteiger partial charge is 0.416 e. The van der Waals surface area contributed by atoms with Crippen LogP contribution in [0.3, 0.4) is 0 Å². The summed E-state index contributed by atoms with van der Waals surface area (Å²) in [5.41, 5.74) is 3.17. The number of carbonyl (C=O) groups is 2. The van der Waals surface area contributed by atoms with Gasteiger partial charge in [0.1, 0.15) is 0 Å². The second kappa shape index (κ2) is 11.0. The molecule has 0 saturated carbocycles. The normalized spacial score (nSPS) is 18.8. The number of halogens is 3. The van der Waals surface area contributed by atoms with E-state index in [4.69, 9.17) is 4.74 Å². The number of esters is 1. The molecular formula is C29H31F3N2O4. The summed E-state index contributed by atoms with van der Waals surface area (Å²) in [6.45, 7) is 3.97. The number of ether oxygens (including phenoxy) is 1. The fourth-order valence-corrected chi connectivity index (χ4v) is 5.41. The lowest BCUT2D eigenvalue weighted by molar-refractivity contribution is -0.138. The number of hydrogen-bond acceptors (Lipinski definition) is 5. The summed E-state index contributed by atoms with van der Waals surface area (Å²) in [7, 11) is 2.90. The lowest BCUT2D eigenvalue weighted by atomic mass is 9.79. The van der Waals surface area contributed by atoms with E-state index in [9.17, 15) is 27.9 Å². The van der Waals surface area contributed by atoms with E-state index in [0.717, 1.165) is 38.1 Å². The van der Waals surface area contributed by atoms with E-state index < -0.39 is 29.6 Å². The Balaban J connectivity index is 1.69. The number of carboxylic acid groups (broad SMARTS) is 1. The van der Waals surface area contributed by atoms with Crippen molar-refractivity contribution in [3.8, 4) is 0 Å². The number of methoxy groups -OCH3 is 1. The van der Waals surface area contributed by atoms with Crippen LogP contribution in [0.2, 0.25) is 0 Å². The van der Waals surface area contributed by atoms with Crippen molar-refractivity contribution in [2.24, 2.45) is 0 Å². The predicted molar refractivity (Wildman–Crippen MR) is 136 cm³/mol. The first-order valence-corrected chi connectivity index (χ1v) is 12.5. The number of alkyl halides is 3. The molecule has 38 heavy (non-hydrogen) atoms. The first-order valence-electron chi connectivity index (χ1n) is 12.5. The maximum atomic E-state index is 13.2. The minimum absolute atomic E-state index is 0.0311. The summed E-state index contributed by atoms with van der Waals surface area (Å²) in [5, 5.41) is 10.3. The Bertz CT molecular complexity index is 1250. The molecule has 2 aromatic rings. The molecule has 9 heteroatoms. The van der Waals surface area contributed by atoms with Crippen molar-refractivity contribution in [2.45, 2.75) is 38.3 Å². The number of carboxylic acids is 1. The van der Waals surface area contributed by atoms with Crippen molar-refractivity contribution in [1.29, 1.82) is 0 Å². The van der Waals surface area contributed by atoms with Crippen LogP contribution in [-0.2, 0) is 33.3 Å². The van der Waals surface area contributed by atoms with Gasteiger partial charge in [0.2, 0.25) is 0 Å². The molecule has 0 radical (unpaired) electrons. The second-order valence-corrected chi connectivity index (χ2v) is 9.63. The van der Waals surface area contributed by atoms with Crippen LogP contribution in [0.5, 0.6) is 0 Å². The van der Waals surface area contributed by atoms with Gasteiger partial charge in [-0.2, -0.15) is 13.2 Å². The second-order valence-electron chi connectivity index (χ2n) is 9.63. The maximum absolute atomic E-state index is 13.2. The molecule has 2 aliphatic rings. The lowest BCUT2D eigenvalue weighted by Gasteiger charge is -2.37. The minimum Gasteiger partial charge on any atom is -0.478 e. The standard InChI is InChI=1S/C29H31F3N2O4/c1-18-24(28(37)38-3)25(21-8-10-22(11-9-21)29(30,31)32)26(27(35)36)23(33(18)2)14-17-34-15-12-19-6-4-5-7-20(19)13-16-34/h4-11,25H,12-17H2,1-3H3,(H,35,36). The average molecular weight is 529 g/mol. The van der Waals surface area contributed by atoms with E-state index in [2.05, 4.69) is 17.0 Å². The van der Waals surface area contributed by atoms with E-state index in [0.29, 0.717) is 24.4 Å². The van der Waals surface area contributed by atoms with E-state index in [1.807, 2.05) is 12.1 Å². The number of allylic oxidation sites excluding steroid dienone is 1. The van der Waals surface area contributed by atoms with Crippen molar-refractivity contribution >= 4 is 11.9 Å². The molecule has 0 bridgehead atoms. The number of rotatable bonds is 6. The molecular weight excluding hydrogens is 497 g/mol. The van der Waals surface area contributed by atoms with Gasteiger partial charge in [-0.3, -0.25) is 0 Å². The molecule has 0 saturated heterocycles. The Kier molecular flexibility index (Phi) is 7.97. The summed E-state index contributed by atoms with van der Waals surface area (Å²) in [6.07, 6.45) is -2.34. The summed E-state index contributed by atoms with van der Waals surface area (Å²) in [4.78, 5) is 29.5. The molecule has 0 aromatic heterocycles. The first-order chi connectivity index (χ1) is 18.0. The molecule has 2 aliphatic heterocycles. The van der Waals surface area contributed by atoms with Gasteiger partial charge in [-0.05, 0) is 48.6 Å². The molecule has 2 aromatic carbocycles. The molecule has 202 valence electrons. The van der Waals surface area contributed by atoms with E-state index in [1.165, 1.54) is 30.4 Å². The Labute approximate surface area is 220 Å². The number of fused-ring (bicyclic) bond motifs is 1. The van der Waals surface area contributed by atoms with Crippen LogP contribution in [-0.4, -0.2) is 60.6 Å². The number of aliphatic carboxylic acids is 1. The van der Waals surface area contributed by atoms with Crippen LogP contribution in [0, 0.1) is 0 Å². The van der Waals surface area contributed by atoms with Crippen LogP contribution in [0.15, 0.2) is 71.1 Å². The Hall–Kier alpha value is -3.59. The zero-order valence-corrected chi connectivity index (χ0v) is 21.6. The Morgan fingerprint density at radius 1 is 1.00 bits per heavy atom.